The van der Waals surface area contributed by atoms with Crippen LogP contribution < -0.4 is 9.47 Å². The zero-order valence-corrected chi connectivity index (χ0v) is 22.5. The normalized spacial score (nSPS) is 14.5. The maximum Gasteiger partial charge on any atom is 0.323 e. The Morgan fingerprint density at radius 1 is 1.07 bits per heavy atom. The molecule has 0 spiro atoms. The lowest BCUT2D eigenvalue weighted by Crippen LogP contribution is -2.45. The van der Waals surface area contributed by atoms with Gasteiger partial charge in [-0.05, 0) is 73.2 Å². The van der Waals surface area contributed by atoms with E-state index in [4.69, 9.17) is 9.47 Å². The van der Waals surface area contributed by atoms with Gasteiger partial charge < -0.3 is 24.0 Å². The minimum Gasteiger partial charge on any atom is -0.496 e. The fourth-order valence-electron chi connectivity index (χ4n) is 5.77. The van der Waals surface area contributed by atoms with Gasteiger partial charge in [-0.15, -0.1) is 0 Å². The van der Waals surface area contributed by atoms with E-state index >= 15 is 0 Å². The van der Waals surface area contributed by atoms with Crippen LogP contribution >= 0.6 is 0 Å². The molecule has 1 N–H and O–H groups in total. The number of halogens is 1. The summed E-state index contributed by atoms with van der Waals surface area (Å²) in [6.45, 7) is 0.555. The molecule has 1 aliphatic rings. The number of hydrogen-bond acceptors (Lipinski definition) is 4. The molecule has 0 fully saturated rings. The number of para-hydroxylation sites is 2. The van der Waals surface area contributed by atoms with E-state index in [1.807, 2.05) is 59.5 Å². The molecule has 1 amide bonds. The fourth-order valence-corrected chi connectivity index (χ4v) is 5.77. The molecule has 0 saturated heterocycles. The summed E-state index contributed by atoms with van der Waals surface area (Å²) in [5.74, 6) is 0.187. The monoisotopic (exact) mass is 544 g/mol. The zero-order valence-electron chi connectivity index (χ0n) is 22.5. The summed E-state index contributed by atoms with van der Waals surface area (Å²) >= 11 is 0. The van der Waals surface area contributed by atoms with Crippen molar-refractivity contribution in [3.05, 3.63) is 95.4 Å². The van der Waals surface area contributed by atoms with E-state index in [1.54, 1.807) is 17.7 Å². The molecule has 0 unspecified atom stereocenters. The Labute approximate surface area is 232 Å². The third-order valence-electron chi connectivity index (χ3n) is 7.60. The van der Waals surface area contributed by atoms with Crippen molar-refractivity contribution in [3.63, 3.8) is 0 Å². The second-order valence-electron chi connectivity index (χ2n) is 10.0. The number of carboxylic acid groups (broad SMARTS) is 1. The number of rotatable bonds is 11. The molecule has 0 radical (unpaired) electrons. The first-order valence-electron chi connectivity index (χ1n) is 13.5. The number of carboxylic acids is 1. The molecular formula is C32H33FN2O5. The van der Waals surface area contributed by atoms with E-state index < -0.39 is 5.97 Å². The number of aryl methyl sites for hydroxylation is 1. The topological polar surface area (TPSA) is 81.0 Å². The van der Waals surface area contributed by atoms with Gasteiger partial charge in [-0.3, -0.25) is 9.59 Å². The molecule has 5 rings (SSSR count). The standard InChI is InChI=1S/C32H33FN2O5/c1-39-30-10-6-5-7-22(30)11-16-31(36)34(17-18-40-25-8-3-2-4-9-25)24-13-15-29-27(20-24)26-19-23(33)12-14-28(26)35(29)21-32(37)38/h2-10,12,14,19,24H,11,13,15-18,20-21H2,1H3,(H,37,38)/t24-/m0/s1. The van der Waals surface area contributed by atoms with Crippen molar-refractivity contribution in [1.82, 2.24) is 9.47 Å². The predicted molar refractivity (Wildman–Crippen MR) is 150 cm³/mol. The summed E-state index contributed by atoms with van der Waals surface area (Å²) < 4.78 is 27.5. The number of ether oxygens (including phenoxy) is 2. The van der Waals surface area contributed by atoms with E-state index in [1.165, 1.54) is 12.1 Å². The van der Waals surface area contributed by atoms with Crippen LogP contribution in [0.4, 0.5) is 4.39 Å². The molecule has 0 bridgehead atoms. The van der Waals surface area contributed by atoms with E-state index in [9.17, 15) is 19.1 Å². The molecule has 4 aromatic rings. The Balaban J connectivity index is 1.40. The number of aliphatic carboxylic acids is 1. The van der Waals surface area contributed by atoms with Gasteiger partial charge in [0.2, 0.25) is 5.91 Å². The number of methoxy groups -OCH3 is 1. The Morgan fingerprint density at radius 3 is 2.62 bits per heavy atom. The van der Waals surface area contributed by atoms with Crippen molar-refractivity contribution in [2.75, 3.05) is 20.3 Å². The number of amides is 1. The van der Waals surface area contributed by atoms with Crippen molar-refractivity contribution < 1.29 is 28.6 Å². The van der Waals surface area contributed by atoms with Crippen LogP contribution in [-0.4, -0.2) is 52.8 Å². The van der Waals surface area contributed by atoms with Crippen LogP contribution in [0.5, 0.6) is 11.5 Å². The van der Waals surface area contributed by atoms with Crippen molar-refractivity contribution in [2.45, 2.75) is 44.7 Å². The zero-order chi connectivity index (χ0) is 28.1. The number of fused-ring (bicyclic) bond motifs is 3. The molecule has 8 heteroatoms. The molecule has 1 heterocycles. The Morgan fingerprint density at radius 2 is 1.85 bits per heavy atom. The SMILES string of the molecule is COc1ccccc1CCC(=O)N(CCOc1ccccc1)[C@H]1CCc2c(c3cc(F)ccc3n2CC(=O)O)C1. The summed E-state index contributed by atoms with van der Waals surface area (Å²) in [6, 6.07) is 21.5. The first-order valence-corrected chi connectivity index (χ1v) is 13.5. The molecule has 7 nitrogen and oxygen atoms in total. The second kappa shape index (κ2) is 12.2. The maximum atomic E-state index is 14.3. The van der Waals surface area contributed by atoms with E-state index in [-0.39, 0.29) is 24.3 Å². The number of hydrogen-bond donors (Lipinski definition) is 1. The molecular weight excluding hydrogens is 511 g/mol. The van der Waals surface area contributed by atoms with Crippen molar-refractivity contribution in [1.29, 1.82) is 0 Å². The van der Waals surface area contributed by atoms with Crippen molar-refractivity contribution >= 4 is 22.8 Å². The Kier molecular flexibility index (Phi) is 8.34. The highest BCUT2D eigenvalue weighted by molar-refractivity contribution is 5.87. The van der Waals surface area contributed by atoms with Gasteiger partial charge in [-0.25, -0.2) is 4.39 Å². The van der Waals surface area contributed by atoms with E-state index in [0.29, 0.717) is 56.2 Å². The highest BCUT2D eigenvalue weighted by Gasteiger charge is 2.32. The van der Waals surface area contributed by atoms with Crippen LogP contribution in [0, 0.1) is 5.82 Å². The molecule has 1 aromatic heterocycles. The average molecular weight is 545 g/mol. The number of carbonyl (C=O) groups is 2. The lowest BCUT2D eigenvalue weighted by Gasteiger charge is -2.35. The lowest BCUT2D eigenvalue weighted by atomic mass is 9.90. The highest BCUT2D eigenvalue weighted by atomic mass is 19.1. The van der Waals surface area contributed by atoms with Gasteiger partial charge in [0.05, 0.1) is 13.7 Å². The van der Waals surface area contributed by atoms with Crippen LogP contribution in [0.15, 0.2) is 72.8 Å². The third-order valence-corrected chi connectivity index (χ3v) is 7.60. The second-order valence-corrected chi connectivity index (χ2v) is 10.0. The number of benzene rings is 3. The summed E-state index contributed by atoms with van der Waals surface area (Å²) in [5, 5.41) is 10.2. The van der Waals surface area contributed by atoms with E-state index in [2.05, 4.69) is 0 Å². The van der Waals surface area contributed by atoms with Crippen LogP contribution in [-0.2, 0) is 35.4 Å². The molecule has 0 aliphatic heterocycles. The van der Waals surface area contributed by atoms with Crippen molar-refractivity contribution in [2.24, 2.45) is 0 Å². The van der Waals surface area contributed by atoms with Gasteiger partial charge >= 0.3 is 5.97 Å². The Bertz CT molecular complexity index is 1500. The lowest BCUT2D eigenvalue weighted by molar-refractivity contribution is -0.137. The van der Waals surface area contributed by atoms with Gasteiger partial charge in [0.25, 0.3) is 0 Å². The first-order chi connectivity index (χ1) is 19.4. The number of nitrogens with zero attached hydrogens (tertiary/aromatic N) is 2. The molecule has 3 aromatic carbocycles. The van der Waals surface area contributed by atoms with Crippen molar-refractivity contribution in [3.8, 4) is 11.5 Å². The van der Waals surface area contributed by atoms with Crippen LogP contribution in [0.25, 0.3) is 10.9 Å². The predicted octanol–water partition coefficient (Wildman–Crippen LogP) is 5.27. The molecule has 1 atom stereocenters. The van der Waals surface area contributed by atoms with E-state index in [0.717, 1.165) is 28.3 Å². The summed E-state index contributed by atoms with van der Waals surface area (Å²) in [6.07, 6.45) is 2.65. The largest absolute Gasteiger partial charge is 0.496 e. The van der Waals surface area contributed by atoms with Gasteiger partial charge in [0.15, 0.2) is 0 Å². The number of carbonyl (C=O) groups excluding carboxylic acids is 1. The van der Waals surface area contributed by atoms with Gasteiger partial charge in [-0.1, -0.05) is 36.4 Å². The summed E-state index contributed by atoms with van der Waals surface area (Å²) in [4.78, 5) is 27.2. The van der Waals surface area contributed by atoms with Gasteiger partial charge in [0.1, 0.15) is 30.5 Å². The molecule has 0 saturated carbocycles. The Hall–Kier alpha value is -4.33. The average Bonchev–Trinajstić information content (AvgIpc) is 3.26. The van der Waals surface area contributed by atoms with Crippen LogP contribution in [0.3, 0.4) is 0 Å². The summed E-state index contributed by atoms with van der Waals surface area (Å²) in [7, 11) is 1.62. The van der Waals surface area contributed by atoms with Crippen LogP contribution in [0.2, 0.25) is 0 Å². The quantitative estimate of drug-likeness (QED) is 0.278. The summed E-state index contributed by atoms with van der Waals surface area (Å²) in [5.41, 5.74) is 3.49. The highest BCUT2D eigenvalue weighted by Crippen LogP contribution is 2.34. The maximum absolute atomic E-state index is 14.3. The third kappa shape index (κ3) is 5.96. The smallest absolute Gasteiger partial charge is 0.323 e. The molecule has 208 valence electrons. The molecule has 40 heavy (non-hydrogen) atoms. The first kappa shape index (κ1) is 27.2. The fraction of sp³-hybridized carbons (Fsp3) is 0.312. The number of aromatic nitrogens is 1. The van der Waals surface area contributed by atoms with Crippen LogP contribution in [0.1, 0.15) is 29.7 Å². The molecule has 1 aliphatic carbocycles. The minimum atomic E-state index is -0.947. The minimum absolute atomic E-state index is 0.0106. The van der Waals surface area contributed by atoms with Gasteiger partial charge in [0, 0.05) is 29.1 Å². The van der Waals surface area contributed by atoms with Gasteiger partial charge in [-0.2, -0.15) is 0 Å².